The molecule has 6 nitrogen and oxygen atoms in total. The Kier molecular flexibility index (Phi) is 6.16. The zero-order valence-corrected chi connectivity index (χ0v) is 10.1. The second kappa shape index (κ2) is 6.82. The van der Waals surface area contributed by atoms with Crippen molar-refractivity contribution >= 4 is 24.0 Å². The van der Waals surface area contributed by atoms with Gasteiger partial charge in [0.2, 0.25) is 5.91 Å². The zero-order chi connectivity index (χ0) is 12.1. The van der Waals surface area contributed by atoms with E-state index in [-0.39, 0.29) is 30.4 Å². The molecule has 0 saturated heterocycles. The van der Waals surface area contributed by atoms with Crippen molar-refractivity contribution in [2.75, 3.05) is 7.05 Å². The molecule has 0 fully saturated rings. The van der Waals surface area contributed by atoms with Crippen LogP contribution in [0.1, 0.15) is 18.0 Å². The summed E-state index contributed by atoms with van der Waals surface area (Å²) in [5, 5.41) is 12.9. The number of amides is 1. The van der Waals surface area contributed by atoms with Crippen molar-refractivity contribution in [3.8, 4) is 0 Å². The number of nitro benzene ring substituents is 1. The van der Waals surface area contributed by atoms with Crippen LogP contribution in [0.2, 0.25) is 0 Å². The number of nitrogens with zero attached hydrogens (tertiary/aromatic N) is 1. The van der Waals surface area contributed by atoms with Gasteiger partial charge in [0.25, 0.3) is 5.69 Å². The van der Waals surface area contributed by atoms with Gasteiger partial charge >= 0.3 is 0 Å². The van der Waals surface area contributed by atoms with Crippen LogP contribution >= 0.6 is 12.4 Å². The Morgan fingerprint density at radius 3 is 2.41 bits per heavy atom. The van der Waals surface area contributed by atoms with Gasteiger partial charge < -0.3 is 11.1 Å². The summed E-state index contributed by atoms with van der Waals surface area (Å²) in [5.41, 5.74) is 6.48. The number of carbonyl (C=O) groups excluding carboxylic acids is 1. The van der Waals surface area contributed by atoms with E-state index in [0.29, 0.717) is 5.56 Å². The first-order chi connectivity index (χ1) is 7.54. The summed E-state index contributed by atoms with van der Waals surface area (Å²) in [6.07, 6.45) is 0.161. The summed E-state index contributed by atoms with van der Waals surface area (Å²) < 4.78 is 0. The quantitative estimate of drug-likeness (QED) is 0.626. The van der Waals surface area contributed by atoms with E-state index in [4.69, 9.17) is 5.73 Å². The molecule has 0 aliphatic heterocycles. The van der Waals surface area contributed by atoms with E-state index in [1.54, 1.807) is 12.1 Å². The van der Waals surface area contributed by atoms with Gasteiger partial charge in [-0.15, -0.1) is 12.4 Å². The van der Waals surface area contributed by atoms with Crippen molar-refractivity contribution in [2.24, 2.45) is 5.73 Å². The molecule has 0 unspecified atom stereocenters. The highest BCUT2D eigenvalue weighted by Crippen LogP contribution is 2.18. The summed E-state index contributed by atoms with van der Waals surface area (Å²) >= 11 is 0. The number of halogens is 1. The van der Waals surface area contributed by atoms with Crippen LogP contribution in [0.3, 0.4) is 0 Å². The number of hydrogen-bond donors (Lipinski definition) is 2. The van der Waals surface area contributed by atoms with Crippen LogP contribution in [0, 0.1) is 10.1 Å². The Hall–Kier alpha value is -1.66. The smallest absolute Gasteiger partial charge is 0.269 e. The molecule has 94 valence electrons. The van der Waals surface area contributed by atoms with E-state index < -0.39 is 11.0 Å². The summed E-state index contributed by atoms with van der Waals surface area (Å²) in [7, 11) is 1.53. The minimum atomic E-state index is -0.478. The van der Waals surface area contributed by atoms with E-state index in [1.807, 2.05) is 0 Å². The first-order valence-electron chi connectivity index (χ1n) is 4.75. The number of hydrogen-bond acceptors (Lipinski definition) is 4. The van der Waals surface area contributed by atoms with Crippen LogP contribution in [-0.4, -0.2) is 17.9 Å². The van der Waals surface area contributed by atoms with Gasteiger partial charge in [-0.25, -0.2) is 0 Å². The van der Waals surface area contributed by atoms with Crippen molar-refractivity contribution in [3.63, 3.8) is 0 Å². The third-order valence-electron chi connectivity index (χ3n) is 2.22. The lowest BCUT2D eigenvalue weighted by Gasteiger charge is -2.10. The normalized spacial score (nSPS) is 11.2. The number of nitro groups is 1. The van der Waals surface area contributed by atoms with Gasteiger partial charge in [-0.1, -0.05) is 12.1 Å². The highest BCUT2D eigenvalue weighted by Gasteiger charge is 2.12. The molecule has 0 aliphatic carbocycles. The third kappa shape index (κ3) is 4.38. The third-order valence-corrected chi connectivity index (χ3v) is 2.22. The first kappa shape index (κ1) is 15.3. The molecule has 3 N–H and O–H groups in total. The van der Waals surface area contributed by atoms with Gasteiger partial charge in [0.05, 0.1) is 4.92 Å². The van der Waals surface area contributed by atoms with Crippen LogP contribution < -0.4 is 11.1 Å². The van der Waals surface area contributed by atoms with Gasteiger partial charge in [-0.2, -0.15) is 0 Å². The Balaban J connectivity index is 0.00000256. The second-order valence-corrected chi connectivity index (χ2v) is 3.33. The fraction of sp³-hybridized carbons (Fsp3) is 0.300. The summed E-state index contributed by atoms with van der Waals surface area (Å²) in [5.74, 6) is -0.161. The SMILES string of the molecule is CNC(=O)C[C@@H](N)c1ccc([N+](=O)[O-])cc1.Cl. The van der Waals surface area contributed by atoms with E-state index in [2.05, 4.69) is 5.32 Å². The van der Waals surface area contributed by atoms with Gasteiger partial charge in [-0.05, 0) is 5.56 Å². The maximum Gasteiger partial charge on any atom is 0.269 e. The number of non-ortho nitro benzene ring substituents is 1. The second-order valence-electron chi connectivity index (χ2n) is 3.33. The molecule has 0 aliphatic rings. The van der Waals surface area contributed by atoms with Gasteiger partial charge in [0, 0.05) is 31.6 Å². The zero-order valence-electron chi connectivity index (χ0n) is 9.25. The van der Waals surface area contributed by atoms with Crippen LogP contribution in [-0.2, 0) is 4.79 Å². The predicted molar refractivity (Wildman–Crippen MR) is 66.0 cm³/mol. The Bertz CT molecular complexity index is 394. The van der Waals surface area contributed by atoms with Gasteiger partial charge in [0.15, 0.2) is 0 Å². The molecule has 0 spiro atoms. The maximum absolute atomic E-state index is 11.1. The van der Waals surface area contributed by atoms with Crippen molar-refractivity contribution in [2.45, 2.75) is 12.5 Å². The van der Waals surface area contributed by atoms with Crippen molar-refractivity contribution in [1.82, 2.24) is 5.32 Å². The molecular weight excluding hydrogens is 246 g/mol. The molecular formula is C10H14ClN3O3. The Morgan fingerprint density at radius 2 is 2.00 bits per heavy atom. The first-order valence-corrected chi connectivity index (χ1v) is 4.75. The summed E-state index contributed by atoms with van der Waals surface area (Å²) in [6, 6.07) is 5.43. The molecule has 1 amide bonds. The molecule has 0 heterocycles. The van der Waals surface area contributed by atoms with E-state index in [1.165, 1.54) is 19.2 Å². The average Bonchev–Trinajstić information content (AvgIpc) is 2.28. The fourth-order valence-corrected chi connectivity index (χ4v) is 1.26. The minimum Gasteiger partial charge on any atom is -0.359 e. The lowest BCUT2D eigenvalue weighted by molar-refractivity contribution is -0.384. The number of rotatable bonds is 4. The molecule has 1 aromatic rings. The maximum atomic E-state index is 11.1. The molecule has 0 aromatic heterocycles. The highest BCUT2D eigenvalue weighted by atomic mass is 35.5. The molecule has 7 heteroatoms. The Morgan fingerprint density at radius 1 is 1.47 bits per heavy atom. The Labute approximate surface area is 105 Å². The lowest BCUT2D eigenvalue weighted by atomic mass is 10.0. The molecule has 1 rings (SSSR count). The van der Waals surface area contributed by atoms with E-state index in [9.17, 15) is 14.9 Å². The van der Waals surface area contributed by atoms with Crippen LogP contribution in [0.5, 0.6) is 0 Å². The highest BCUT2D eigenvalue weighted by molar-refractivity contribution is 5.85. The molecule has 0 radical (unpaired) electrons. The standard InChI is InChI=1S/C10H13N3O3.ClH/c1-12-10(14)6-9(11)7-2-4-8(5-3-7)13(15)16;/h2-5,9H,6,11H2,1H3,(H,12,14);1H/t9-;/m1./s1. The largest absolute Gasteiger partial charge is 0.359 e. The summed E-state index contributed by atoms with van der Waals surface area (Å²) in [4.78, 5) is 21.0. The van der Waals surface area contributed by atoms with E-state index in [0.717, 1.165) is 0 Å². The van der Waals surface area contributed by atoms with Crippen molar-refractivity contribution in [1.29, 1.82) is 0 Å². The van der Waals surface area contributed by atoms with Crippen molar-refractivity contribution in [3.05, 3.63) is 39.9 Å². The summed E-state index contributed by atoms with van der Waals surface area (Å²) in [6.45, 7) is 0. The van der Waals surface area contributed by atoms with Gasteiger partial charge in [0.1, 0.15) is 0 Å². The van der Waals surface area contributed by atoms with Crippen LogP contribution in [0.25, 0.3) is 0 Å². The lowest BCUT2D eigenvalue weighted by Crippen LogP contribution is -2.24. The van der Waals surface area contributed by atoms with Crippen LogP contribution in [0.4, 0.5) is 5.69 Å². The fourth-order valence-electron chi connectivity index (χ4n) is 1.26. The number of nitrogens with one attached hydrogen (secondary N) is 1. The topological polar surface area (TPSA) is 98.3 Å². The predicted octanol–water partition coefficient (Wildman–Crippen LogP) is 1.15. The van der Waals surface area contributed by atoms with Crippen molar-refractivity contribution < 1.29 is 9.72 Å². The monoisotopic (exact) mass is 259 g/mol. The molecule has 1 atom stereocenters. The molecule has 0 bridgehead atoms. The molecule has 17 heavy (non-hydrogen) atoms. The minimum absolute atomic E-state index is 0. The molecule has 1 aromatic carbocycles. The van der Waals surface area contributed by atoms with E-state index >= 15 is 0 Å². The van der Waals surface area contributed by atoms with Crippen LogP contribution in [0.15, 0.2) is 24.3 Å². The number of benzene rings is 1. The molecule has 0 saturated carbocycles. The number of nitrogens with two attached hydrogens (primary N) is 1. The van der Waals surface area contributed by atoms with Gasteiger partial charge in [-0.3, -0.25) is 14.9 Å². The number of carbonyl (C=O) groups is 1. The average molecular weight is 260 g/mol.